The summed E-state index contributed by atoms with van der Waals surface area (Å²) in [5.41, 5.74) is 0.518. The quantitative estimate of drug-likeness (QED) is 0.564. The highest BCUT2D eigenvalue weighted by molar-refractivity contribution is 7.89. The highest BCUT2D eigenvalue weighted by Crippen LogP contribution is 2.11. The molecule has 8 heteroatoms. The van der Waals surface area contributed by atoms with Crippen molar-refractivity contribution >= 4 is 16.0 Å². The van der Waals surface area contributed by atoms with Gasteiger partial charge in [0, 0.05) is 0 Å². The molecule has 2 aromatic carbocycles. The van der Waals surface area contributed by atoms with Crippen LogP contribution in [0.25, 0.3) is 0 Å². The molecule has 2 aromatic rings. The van der Waals surface area contributed by atoms with Crippen LogP contribution in [-0.2, 0) is 19.6 Å². The maximum absolute atomic E-state index is 11.9. The van der Waals surface area contributed by atoms with Crippen LogP contribution < -0.4 is 9.46 Å². The van der Waals surface area contributed by atoms with E-state index in [1.807, 2.05) is 6.07 Å². The number of nitrogens with one attached hydrogen (secondary N) is 1. The highest BCUT2D eigenvalue weighted by atomic mass is 32.2. The first-order valence-corrected chi connectivity index (χ1v) is 8.83. The summed E-state index contributed by atoms with van der Waals surface area (Å²) in [5.74, 6) is -0.164. The molecule has 0 bridgehead atoms. The van der Waals surface area contributed by atoms with E-state index in [0.717, 1.165) is 0 Å². The van der Waals surface area contributed by atoms with Gasteiger partial charge in [-0.3, -0.25) is 4.79 Å². The second-order valence-electron chi connectivity index (χ2n) is 4.84. The van der Waals surface area contributed by atoms with Crippen LogP contribution in [0, 0.1) is 11.3 Å². The third-order valence-electron chi connectivity index (χ3n) is 3.06. The molecule has 0 saturated heterocycles. The predicted octanol–water partition coefficient (Wildman–Crippen LogP) is 1.46. The van der Waals surface area contributed by atoms with Crippen molar-refractivity contribution in [2.24, 2.45) is 0 Å². The number of hydrogen-bond donors (Lipinski definition) is 1. The second-order valence-corrected chi connectivity index (χ2v) is 6.61. The summed E-state index contributed by atoms with van der Waals surface area (Å²) in [6, 6.07) is 16.2. The van der Waals surface area contributed by atoms with Crippen LogP contribution in [0.2, 0.25) is 0 Å². The van der Waals surface area contributed by atoms with Gasteiger partial charge in [0.25, 0.3) is 0 Å². The number of sulfonamides is 1. The molecule has 0 heterocycles. The molecule has 1 N–H and O–H groups in total. The van der Waals surface area contributed by atoms with Crippen LogP contribution in [-0.4, -0.2) is 34.1 Å². The largest absolute Gasteiger partial charge is 0.490 e. The molecule has 0 saturated carbocycles. The zero-order valence-electron chi connectivity index (χ0n) is 13.2. The molecule has 0 aliphatic carbocycles. The fraction of sp³-hybridized carbons (Fsp3) is 0.176. The third kappa shape index (κ3) is 5.91. The van der Waals surface area contributed by atoms with Crippen LogP contribution in [0.4, 0.5) is 0 Å². The van der Waals surface area contributed by atoms with E-state index in [9.17, 15) is 13.2 Å². The van der Waals surface area contributed by atoms with Crippen molar-refractivity contribution in [3.63, 3.8) is 0 Å². The van der Waals surface area contributed by atoms with Crippen LogP contribution in [0.3, 0.4) is 0 Å². The minimum Gasteiger partial charge on any atom is -0.490 e. The first-order valence-electron chi connectivity index (χ1n) is 7.34. The van der Waals surface area contributed by atoms with E-state index in [0.29, 0.717) is 11.3 Å². The first kappa shape index (κ1) is 18.4. The van der Waals surface area contributed by atoms with Gasteiger partial charge in [-0.15, -0.1) is 0 Å². The van der Waals surface area contributed by atoms with E-state index in [-0.39, 0.29) is 18.1 Å². The molecule has 0 atom stereocenters. The fourth-order valence-corrected chi connectivity index (χ4v) is 2.82. The Kier molecular flexibility index (Phi) is 6.51. The monoisotopic (exact) mass is 360 g/mol. The summed E-state index contributed by atoms with van der Waals surface area (Å²) in [6.45, 7) is -0.372. The molecule has 2 rings (SSSR count). The normalized spacial score (nSPS) is 10.7. The molecule has 7 nitrogen and oxygen atoms in total. The van der Waals surface area contributed by atoms with Gasteiger partial charge in [0.2, 0.25) is 10.0 Å². The Morgan fingerprint density at radius 1 is 1.04 bits per heavy atom. The van der Waals surface area contributed by atoms with Gasteiger partial charge in [-0.05, 0) is 36.4 Å². The van der Waals surface area contributed by atoms with E-state index in [4.69, 9.17) is 14.7 Å². The Morgan fingerprint density at radius 3 is 2.36 bits per heavy atom. The molecule has 0 unspecified atom stereocenters. The van der Waals surface area contributed by atoms with Gasteiger partial charge < -0.3 is 9.47 Å². The lowest BCUT2D eigenvalue weighted by molar-refractivity contribution is -0.142. The van der Waals surface area contributed by atoms with Gasteiger partial charge >= 0.3 is 5.97 Å². The van der Waals surface area contributed by atoms with Crippen molar-refractivity contribution in [1.82, 2.24) is 4.72 Å². The number of carbonyl (C=O) groups excluding carboxylic acids is 1. The number of carbonyl (C=O) groups is 1. The zero-order valence-corrected chi connectivity index (χ0v) is 14.0. The van der Waals surface area contributed by atoms with Gasteiger partial charge in [0.05, 0.1) is 16.5 Å². The number of esters is 1. The number of ether oxygens (including phenoxy) is 2. The second kappa shape index (κ2) is 8.82. The highest BCUT2D eigenvalue weighted by Gasteiger charge is 2.15. The number of hydrogen-bond acceptors (Lipinski definition) is 6. The molecule has 0 spiro atoms. The lowest BCUT2D eigenvalue weighted by Crippen LogP contribution is -2.31. The van der Waals surface area contributed by atoms with Crippen LogP contribution in [0.1, 0.15) is 5.56 Å². The Morgan fingerprint density at radius 2 is 1.72 bits per heavy atom. The first-order chi connectivity index (χ1) is 12.0. The summed E-state index contributed by atoms with van der Waals surface area (Å²) in [5, 5.41) is 8.69. The summed E-state index contributed by atoms with van der Waals surface area (Å²) in [7, 11) is -3.74. The van der Waals surface area contributed by atoms with Gasteiger partial charge in [-0.25, -0.2) is 8.42 Å². The summed E-state index contributed by atoms with van der Waals surface area (Å²) >= 11 is 0. The lowest BCUT2D eigenvalue weighted by Gasteiger charge is -2.08. The minimum atomic E-state index is -3.74. The molecule has 0 aliphatic rings. The smallest absolute Gasteiger partial charge is 0.321 e. The van der Waals surface area contributed by atoms with Crippen molar-refractivity contribution in [1.29, 1.82) is 5.26 Å². The van der Waals surface area contributed by atoms with E-state index in [1.165, 1.54) is 12.1 Å². The SMILES string of the molecule is N#Cc1ccc(OCCOC(=O)CNS(=O)(=O)c2ccccc2)cc1. The van der Waals surface area contributed by atoms with Gasteiger partial charge in [-0.1, -0.05) is 18.2 Å². The van der Waals surface area contributed by atoms with Crippen molar-refractivity contribution in [2.45, 2.75) is 4.90 Å². The fourth-order valence-electron chi connectivity index (χ4n) is 1.83. The number of rotatable bonds is 8. The standard InChI is InChI=1S/C17H16N2O5S/c18-12-14-6-8-15(9-7-14)23-10-11-24-17(20)13-19-25(21,22)16-4-2-1-3-5-16/h1-9,19H,10-11,13H2. The molecule has 25 heavy (non-hydrogen) atoms. The average molecular weight is 360 g/mol. The Balaban J connectivity index is 1.69. The van der Waals surface area contributed by atoms with E-state index >= 15 is 0 Å². The van der Waals surface area contributed by atoms with Crippen LogP contribution in [0.15, 0.2) is 59.5 Å². The molecule has 0 radical (unpaired) electrons. The van der Waals surface area contributed by atoms with Crippen LogP contribution in [0.5, 0.6) is 5.75 Å². The topological polar surface area (TPSA) is 105 Å². The van der Waals surface area contributed by atoms with Crippen molar-refractivity contribution < 1.29 is 22.7 Å². The summed E-state index contributed by atoms with van der Waals surface area (Å²) in [4.78, 5) is 11.7. The third-order valence-corrected chi connectivity index (χ3v) is 4.48. The Hall–Kier alpha value is -2.89. The molecule has 0 aromatic heterocycles. The molecule has 130 valence electrons. The van der Waals surface area contributed by atoms with Gasteiger partial charge in [-0.2, -0.15) is 9.98 Å². The average Bonchev–Trinajstić information content (AvgIpc) is 2.65. The molecule has 0 aliphatic heterocycles. The lowest BCUT2D eigenvalue weighted by atomic mass is 10.2. The Bertz CT molecular complexity index is 843. The van der Waals surface area contributed by atoms with Crippen molar-refractivity contribution in [2.75, 3.05) is 19.8 Å². The molecule has 0 fully saturated rings. The van der Waals surface area contributed by atoms with Crippen LogP contribution >= 0.6 is 0 Å². The van der Waals surface area contributed by atoms with E-state index in [1.54, 1.807) is 42.5 Å². The maximum Gasteiger partial charge on any atom is 0.321 e. The van der Waals surface area contributed by atoms with Crippen molar-refractivity contribution in [3.8, 4) is 11.8 Å². The number of nitrogens with zero attached hydrogens (tertiary/aromatic N) is 1. The van der Waals surface area contributed by atoms with Gasteiger partial charge in [0.1, 0.15) is 25.5 Å². The zero-order chi connectivity index (χ0) is 18.1. The predicted molar refractivity (Wildman–Crippen MR) is 89.2 cm³/mol. The Labute approximate surface area is 145 Å². The number of nitriles is 1. The summed E-state index contributed by atoms with van der Waals surface area (Å²) < 4.78 is 36.3. The molecular formula is C17H16N2O5S. The van der Waals surface area contributed by atoms with E-state index in [2.05, 4.69) is 4.72 Å². The maximum atomic E-state index is 11.9. The number of benzene rings is 2. The summed E-state index contributed by atoms with van der Waals surface area (Å²) in [6.07, 6.45) is 0. The molecular weight excluding hydrogens is 344 g/mol. The molecule has 0 amide bonds. The van der Waals surface area contributed by atoms with Crippen molar-refractivity contribution in [3.05, 3.63) is 60.2 Å². The van der Waals surface area contributed by atoms with E-state index < -0.39 is 22.5 Å². The van der Waals surface area contributed by atoms with Gasteiger partial charge in [0.15, 0.2) is 0 Å². The minimum absolute atomic E-state index is 0.0219.